The highest BCUT2D eigenvalue weighted by Crippen LogP contribution is 2.38. The van der Waals surface area contributed by atoms with Gasteiger partial charge in [0.05, 0.1) is 21.3 Å². The first-order valence-corrected chi connectivity index (χ1v) is 7.00. The summed E-state index contributed by atoms with van der Waals surface area (Å²) in [6.45, 7) is 5.23. The van der Waals surface area contributed by atoms with Gasteiger partial charge in [-0.15, -0.1) is 12.4 Å². The summed E-state index contributed by atoms with van der Waals surface area (Å²) >= 11 is 0. The first-order valence-electron chi connectivity index (χ1n) is 7.00. The van der Waals surface area contributed by atoms with Crippen molar-refractivity contribution >= 4 is 12.4 Å². The predicted molar refractivity (Wildman–Crippen MR) is 86.1 cm³/mol. The molecule has 0 amide bonds. The number of ether oxygens (including phenoxy) is 3. The number of hydrogen-bond donors (Lipinski definition) is 1. The van der Waals surface area contributed by atoms with Gasteiger partial charge in [0.15, 0.2) is 11.5 Å². The van der Waals surface area contributed by atoms with Crippen molar-refractivity contribution in [2.24, 2.45) is 0 Å². The summed E-state index contributed by atoms with van der Waals surface area (Å²) < 4.78 is 16.1. The Balaban J connectivity index is 0.00000220. The van der Waals surface area contributed by atoms with Crippen molar-refractivity contribution in [3.63, 3.8) is 0 Å². The molecule has 1 N–H and O–H groups in total. The molecule has 1 saturated heterocycles. The van der Waals surface area contributed by atoms with Crippen LogP contribution in [0.3, 0.4) is 0 Å². The second kappa shape index (κ2) is 8.97. The van der Waals surface area contributed by atoms with E-state index >= 15 is 0 Å². The Kier molecular flexibility index (Phi) is 7.64. The standard InChI is InChI=1S/C15H24N2O3.ClH/c1-18-13-9-12(10-14(19-2)15(13)20-3)11-17-7-4-5-16-6-8-17;/h9-10,16H,4-8,11H2,1-3H3;1H. The van der Waals surface area contributed by atoms with E-state index in [9.17, 15) is 0 Å². The van der Waals surface area contributed by atoms with Gasteiger partial charge >= 0.3 is 0 Å². The molecule has 0 atom stereocenters. The molecule has 2 rings (SSSR count). The predicted octanol–water partition coefficient (Wildman–Crippen LogP) is 1.93. The summed E-state index contributed by atoms with van der Waals surface area (Å²) in [5, 5.41) is 3.42. The highest BCUT2D eigenvalue weighted by Gasteiger charge is 2.15. The Morgan fingerprint density at radius 1 is 1.00 bits per heavy atom. The van der Waals surface area contributed by atoms with Crippen molar-refractivity contribution in [3.8, 4) is 17.2 Å². The number of nitrogens with one attached hydrogen (secondary N) is 1. The molecule has 0 saturated carbocycles. The van der Waals surface area contributed by atoms with Crippen LogP contribution < -0.4 is 19.5 Å². The van der Waals surface area contributed by atoms with Crippen LogP contribution in [0.15, 0.2) is 12.1 Å². The summed E-state index contributed by atoms with van der Waals surface area (Å²) in [6, 6.07) is 4.05. The zero-order valence-corrected chi connectivity index (χ0v) is 13.8. The molecule has 0 aromatic heterocycles. The van der Waals surface area contributed by atoms with E-state index in [0.29, 0.717) is 5.75 Å². The molecule has 1 aromatic rings. The van der Waals surface area contributed by atoms with E-state index in [1.807, 2.05) is 12.1 Å². The summed E-state index contributed by atoms with van der Waals surface area (Å²) in [7, 11) is 4.92. The van der Waals surface area contributed by atoms with Crippen molar-refractivity contribution in [3.05, 3.63) is 17.7 Å². The molecule has 0 bridgehead atoms. The van der Waals surface area contributed by atoms with Crippen molar-refractivity contribution in [1.82, 2.24) is 10.2 Å². The summed E-state index contributed by atoms with van der Waals surface area (Å²) in [4.78, 5) is 2.45. The van der Waals surface area contributed by atoms with Crippen LogP contribution in [0.25, 0.3) is 0 Å². The number of methoxy groups -OCH3 is 3. The molecule has 1 aliphatic rings. The molecule has 0 aliphatic carbocycles. The largest absolute Gasteiger partial charge is 0.493 e. The van der Waals surface area contributed by atoms with Crippen LogP contribution >= 0.6 is 12.4 Å². The molecule has 1 fully saturated rings. The molecular weight excluding hydrogens is 292 g/mol. The zero-order chi connectivity index (χ0) is 14.4. The minimum atomic E-state index is 0. The van der Waals surface area contributed by atoms with E-state index < -0.39 is 0 Å². The monoisotopic (exact) mass is 316 g/mol. The lowest BCUT2D eigenvalue weighted by molar-refractivity contribution is 0.281. The average molecular weight is 317 g/mol. The van der Waals surface area contributed by atoms with Crippen LogP contribution in [0.1, 0.15) is 12.0 Å². The van der Waals surface area contributed by atoms with Gasteiger partial charge < -0.3 is 19.5 Å². The van der Waals surface area contributed by atoms with Gasteiger partial charge in [0.2, 0.25) is 5.75 Å². The summed E-state index contributed by atoms with van der Waals surface area (Å²) in [5.41, 5.74) is 1.18. The number of hydrogen-bond acceptors (Lipinski definition) is 5. The van der Waals surface area contributed by atoms with Crippen molar-refractivity contribution in [2.75, 3.05) is 47.5 Å². The van der Waals surface area contributed by atoms with Gasteiger partial charge in [-0.3, -0.25) is 4.90 Å². The third-order valence-corrected chi connectivity index (χ3v) is 3.56. The van der Waals surface area contributed by atoms with Gasteiger partial charge in [0, 0.05) is 19.6 Å². The van der Waals surface area contributed by atoms with Gasteiger partial charge in [-0.1, -0.05) is 0 Å². The minimum Gasteiger partial charge on any atom is -0.493 e. The molecule has 5 nitrogen and oxygen atoms in total. The van der Waals surface area contributed by atoms with Gasteiger partial charge in [-0.05, 0) is 37.2 Å². The highest BCUT2D eigenvalue weighted by atomic mass is 35.5. The van der Waals surface area contributed by atoms with Gasteiger partial charge in [-0.2, -0.15) is 0 Å². The number of benzene rings is 1. The van der Waals surface area contributed by atoms with Crippen molar-refractivity contribution in [1.29, 1.82) is 0 Å². The molecule has 0 spiro atoms. The average Bonchev–Trinajstić information content (AvgIpc) is 2.74. The molecule has 0 unspecified atom stereocenters. The fourth-order valence-corrected chi connectivity index (χ4v) is 2.54. The van der Waals surface area contributed by atoms with Crippen LogP contribution in [0.5, 0.6) is 17.2 Å². The molecule has 6 heteroatoms. The Labute approximate surface area is 133 Å². The fourth-order valence-electron chi connectivity index (χ4n) is 2.54. The van der Waals surface area contributed by atoms with E-state index in [0.717, 1.165) is 44.2 Å². The quantitative estimate of drug-likeness (QED) is 0.899. The van der Waals surface area contributed by atoms with Crippen LogP contribution in [0.2, 0.25) is 0 Å². The Hall–Kier alpha value is -1.17. The van der Waals surface area contributed by atoms with Crippen molar-refractivity contribution < 1.29 is 14.2 Å². The number of rotatable bonds is 5. The molecule has 0 radical (unpaired) electrons. The molecule has 1 aromatic carbocycles. The maximum atomic E-state index is 5.40. The fraction of sp³-hybridized carbons (Fsp3) is 0.600. The lowest BCUT2D eigenvalue weighted by Gasteiger charge is -2.21. The maximum absolute atomic E-state index is 5.40. The van der Waals surface area contributed by atoms with Gasteiger partial charge in [0.1, 0.15) is 0 Å². The zero-order valence-electron chi connectivity index (χ0n) is 13.0. The molecule has 21 heavy (non-hydrogen) atoms. The molecule has 1 heterocycles. The van der Waals surface area contributed by atoms with Crippen LogP contribution in [0, 0.1) is 0 Å². The molecular formula is C15H25ClN2O3. The van der Waals surface area contributed by atoms with Crippen molar-refractivity contribution in [2.45, 2.75) is 13.0 Å². The number of nitrogens with zero attached hydrogens (tertiary/aromatic N) is 1. The van der Waals surface area contributed by atoms with E-state index in [2.05, 4.69) is 10.2 Å². The second-order valence-electron chi connectivity index (χ2n) is 4.91. The van der Waals surface area contributed by atoms with Crippen LogP contribution in [-0.4, -0.2) is 52.4 Å². The van der Waals surface area contributed by atoms with Crippen LogP contribution in [-0.2, 0) is 6.54 Å². The maximum Gasteiger partial charge on any atom is 0.203 e. The smallest absolute Gasteiger partial charge is 0.203 e. The minimum absolute atomic E-state index is 0. The Morgan fingerprint density at radius 3 is 2.24 bits per heavy atom. The first-order chi connectivity index (χ1) is 9.78. The SMILES string of the molecule is COc1cc(CN2CCCNCC2)cc(OC)c1OC.Cl. The van der Waals surface area contributed by atoms with E-state index in [1.165, 1.54) is 12.0 Å². The summed E-state index contributed by atoms with van der Waals surface area (Å²) in [5.74, 6) is 2.08. The normalized spacial score (nSPS) is 15.8. The highest BCUT2D eigenvalue weighted by molar-refractivity contribution is 5.85. The van der Waals surface area contributed by atoms with E-state index in [1.54, 1.807) is 21.3 Å². The first kappa shape index (κ1) is 17.9. The van der Waals surface area contributed by atoms with E-state index in [4.69, 9.17) is 14.2 Å². The van der Waals surface area contributed by atoms with Gasteiger partial charge in [0.25, 0.3) is 0 Å². The molecule has 1 aliphatic heterocycles. The third kappa shape index (κ3) is 4.66. The van der Waals surface area contributed by atoms with Gasteiger partial charge in [-0.25, -0.2) is 0 Å². The Bertz CT molecular complexity index is 410. The van der Waals surface area contributed by atoms with E-state index in [-0.39, 0.29) is 12.4 Å². The topological polar surface area (TPSA) is 43.0 Å². The lowest BCUT2D eigenvalue weighted by Crippen LogP contribution is -2.27. The second-order valence-corrected chi connectivity index (χ2v) is 4.91. The lowest BCUT2D eigenvalue weighted by atomic mass is 10.1. The summed E-state index contributed by atoms with van der Waals surface area (Å²) in [6.07, 6.45) is 1.18. The molecule has 120 valence electrons. The van der Waals surface area contributed by atoms with Crippen LogP contribution in [0.4, 0.5) is 0 Å². The number of halogens is 1. The Morgan fingerprint density at radius 2 is 1.67 bits per heavy atom. The third-order valence-electron chi connectivity index (χ3n) is 3.56.